The van der Waals surface area contributed by atoms with Crippen LogP contribution in [-0.2, 0) is 0 Å². The third-order valence-corrected chi connectivity index (χ3v) is 4.15. The number of unbranched alkanes of at least 4 members (excludes halogenated alkanes) is 2. The summed E-state index contributed by atoms with van der Waals surface area (Å²) in [6.07, 6.45) is 3.27. The maximum Gasteiger partial charge on any atom is 0.251 e. The molecule has 5 heteroatoms. The number of nitrogens with one attached hydrogen (secondary N) is 1. The minimum atomic E-state index is -0.0568. The Labute approximate surface area is 153 Å². The Kier molecular flexibility index (Phi) is 5.79. The summed E-state index contributed by atoms with van der Waals surface area (Å²) < 4.78 is 5.78. The highest BCUT2D eigenvalue weighted by Crippen LogP contribution is 2.24. The van der Waals surface area contributed by atoms with Crippen LogP contribution in [0.1, 0.15) is 42.1 Å². The molecule has 1 N–H and O–H groups in total. The predicted octanol–water partition coefficient (Wildman–Crippen LogP) is 4.63. The van der Waals surface area contributed by atoms with Crippen LogP contribution in [0.3, 0.4) is 0 Å². The van der Waals surface area contributed by atoms with Gasteiger partial charge < -0.3 is 9.73 Å². The van der Waals surface area contributed by atoms with Crippen LogP contribution in [-0.4, -0.2) is 22.6 Å². The largest absolute Gasteiger partial charge is 0.416 e. The molecule has 0 radical (unpaired) electrons. The number of carbonyl (C=O) groups excluding carboxylic acids is 1. The Bertz CT molecular complexity index is 869. The molecule has 0 fully saturated rings. The van der Waals surface area contributed by atoms with Gasteiger partial charge in [-0.2, -0.15) is 0 Å². The smallest absolute Gasteiger partial charge is 0.251 e. The van der Waals surface area contributed by atoms with E-state index in [2.05, 4.69) is 22.4 Å². The zero-order chi connectivity index (χ0) is 18.4. The summed E-state index contributed by atoms with van der Waals surface area (Å²) in [5.41, 5.74) is 3.45. The lowest BCUT2D eigenvalue weighted by atomic mass is 10.1. The van der Waals surface area contributed by atoms with Crippen LogP contribution in [0.2, 0.25) is 0 Å². The molecule has 0 unspecified atom stereocenters. The maximum atomic E-state index is 12.1. The SMILES string of the molecule is CCCCCNC(=O)c1ccc(-c2nnc(-c3cccc(C)c3)o2)cc1. The molecule has 1 aromatic heterocycles. The average molecular weight is 349 g/mol. The number of benzene rings is 2. The molecule has 3 aromatic rings. The van der Waals surface area contributed by atoms with Crippen molar-refractivity contribution in [1.82, 2.24) is 15.5 Å². The first-order chi connectivity index (χ1) is 12.7. The fourth-order valence-corrected chi connectivity index (χ4v) is 2.68. The highest BCUT2D eigenvalue weighted by atomic mass is 16.4. The van der Waals surface area contributed by atoms with E-state index in [1.54, 1.807) is 12.1 Å². The molecule has 1 heterocycles. The summed E-state index contributed by atoms with van der Waals surface area (Å²) in [5.74, 6) is 0.872. The van der Waals surface area contributed by atoms with Gasteiger partial charge in [0.2, 0.25) is 11.8 Å². The normalized spacial score (nSPS) is 10.7. The number of aromatic nitrogens is 2. The first-order valence-corrected chi connectivity index (χ1v) is 8.96. The Morgan fingerprint density at radius 1 is 1.00 bits per heavy atom. The first-order valence-electron chi connectivity index (χ1n) is 8.96. The molecular weight excluding hydrogens is 326 g/mol. The van der Waals surface area contributed by atoms with Crippen LogP contribution in [0, 0.1) is 6.92 Å². The van der Waals surface area contributed by atoms with Crippen molar-refractivity contribution < 1.29 is 9.21 Å². The van der Waals surface area contributed by atoms with Gasteiger partial charge in [0.05, 0.1) is 0 Å². The Morgan fingerprint density at radius 2 is 1.73 bits per heavy atom. The van der Waals surface area contributed by atoms with Crippen molar-refractivity contribution in [3.63, 3.8) is 0 Å². The second-order valence-electron chi connectivity index (χ2n) is 6.32. The molecule has 0 saturated carbocycles. The molecule has 5 nitrogen and oxygen atoms in total. The van der Waals surface area contributed by atoms with E-state index < -0.39 is 0 Å². The number of hydrogen-bond acceptors (Lipinski definition) is 4. The van der Waals surface area contributed by atoms with Crippen LogP contribution in [0.25, 0.3) is 22.9 Å². The lowest BCUT2D eigenvalue weighted by Crippen LogP contribution is -2.24. The van der Waals surface area contributed by atoms with Gasteiger partial charge in [-0.25, -0.2) is 0 Å². The van der Waals surface area contributed by atoms with E-state index >= 15 is 0 Å². The third-order valence-electron chi connectivity index (χ3n) is 4.15. The summed E-state index contributed by atoms with van der Waals surface area (Å²) in [6.45, 7) is 4.87. The van der Waals surface area contributed by atoms with Gasteiger partial charge in [0, 0.05) is 23.2 Å². The summed E-state index contributed by atoms with van der Waals surface area (Å²) in [6, 6.07) is 15.1. The van der Waals surface area contributed by atoms with Crippen molar-refractivity contribution in [3.05, 3.63) is 59.7 Å². The molecule has 2 aromatic carbocycles. The summed E-state index contributed by atoms with van der Waals surface area (Å²) in [5, 5.41) is 11.2. The number of aryl methyl sites for hydroxylation is 1. The van der Waals surface area contributed by atoms with Gasteiger partial charge in [-0.15, -0.1) is 10.2 Å². The summed E-state index contributed by atoms with van der Waals surface area (Å²) in [7, 11) is 0. The Hall–Kier alpha value is -2.95. The molecule has 1 amide bonds. The summed E-state index contributed by atoms with van der Waals surface area (Å²) >= 11 is 0. The van der Waals surface area contributed by atoms with Gasteiger partial charge in [-0.05, 0) is 49.7 Å². The van der Waals surface area contributed by atoms with E-state index in [0.717, 1.165) is 36.0 Å². The van der Waals surface area contributed by atoms with Crippen molar-refractivity contribution in [3.8, 4) is 22.9 Å². The zero-order valence-electron chi connectivity index (χ0n) is 15.2. The monoisotopic (exact) mass is 349 g/mol. The second-order valence-corrected chi connectivity index (χ2v) is 6.32. The van der Waals surface area contributed by atoms with E-state index in [1.807, 2.05) is 43.3 Å². The number of carbonyl (C=O) groups is 1. The number of nitrogens with zero attached hydrogens (tertiary/aromatic N) is 2. The predicted molar refractivity (Wildman–Crippen MR) is 102 cm³/mol. The Morgan fingerprint density at radius 3 is 2.42 bits per heavy atom. The van der Waals surface area contributed by atoms with Crippen LogP contribution in [0.15, 0.2) is 52.9 Å². The zero-order valence-corrected chi connectivity index (χ0v) is 15.2. The van der Waals surface area contributed by atoms with Gasteiger partial charge in [0.1, 0.15) is 0 Å². The van der Waals surface area contributed by atoms with Crippen molar-refractivity contribution in [2.45, 2.75) is 33.1 Å². The fourth-order valence-electron chi connectivity index (χ4n) is 2.68. The third kappa shape index (κ3) is 4.36. The maximum absolute atomic E-state index is 12.1. The van der Waals surface area contributed by atoms with Gasteiger partial charge in [0.25, 0.3) is 5.91 Å². The van der Waals surface area contributed by atoms with Crippen LogP contribution in [0.5, 0.6) is 0 Å². The molecule has 0 spiro atoms. The topological polar surface area (TPSA) is 68.0 Å². The standard InChI is InChI=1S/C21H23N3O2/c1-3-4-5-13-22-19(25)16-9-11-17(12-10-16)20-23-24-21(26-20)18-8-6-7-15(2)14-18/h6-12,14H,3-5,13H2,1-2H3,(H,22,25). The minimum absolute atomic E-state index is 0.0568. The van der Waals surface area contributed by atoms with Crippen molar-refractivity contribution in [2.24, 2.45) is 0 Å². The van der Waals surface area contributed by atoms with Gasteiger partial charge >= 0.3 is 0 Å². The molecule has 0 aliphatic carbocycles. The second kappa shape index (κ2) is 8.43. The lowest BCUT2D eigenvalue weighted by molar-refractivity contribution is 0.0953. The van der Waals surface area contributed by atoms with Gasteiger partial charge in [-0.1, -0.05) is 37.5 Å². The van der Waals surface area contributed by atoms with Gasteiger partial charge in [0.15, 0.2) is 0 Å². The number of hydrogen-bond donors (Lipinski definition) is 1. The first kappa shape index (κ1) is 17.9. The molecule has 0 atom stereocenters. The molecule has 0 aliphatic heterocycles. The van der Waals surface area contributed by atoms with Crippen LogP contribution < -0.4 is 5.32 Å². The van der Waals surface area contributed by atoms with E-state index in [4.69, 9.17) is 4.42 Å². The van der Waals surface area contributed by atoms with E-state index in [9.17, 15) is 4.79 Å². The molecule has 26 heavy (non-hydrogen) atoms. The molecular formula is C21H23N3O2. The van der Waals surface area contributed by atoms with Gasteiger partial charge in [-0.3, -0.25) is 4.79 Å². The lowest BCUT2D eigenvalue weighted by Gasteiger charge is -2.05. The molecule has 0 bridgehead atoms. The Balaban J connectivity index is 1.68. The fraction of sp³-hybridized carbons (Fsp3) is 0.286. The highest BCUT2D eigenvalue weighted by Gasteiger charge is 2.12. The minimum Gasteiger partial charge on any atom is -0.416 e. The molecule has 0 saturated heterocycles. The van der Waals surface area contributed by atoms with E-state index in [1.165, 1.54) is 0 Å². The number of rotatable bonds is 7. The highest BCUT2D eigenvalue weighted by molar-refractivity contribution is 5.94. The van der Waals surface area contributed by atoms with Crippen LogP contribution in [0.4, 0.5) is 0 Å². The van der Waals surface area contributed by atoms with Crippen molar-refractivity contribution >= 4 is 5.91 Å². The molecule has 134 valence electrons. The summed E-state index contributed by atoms with van der Waals surface area (Å²) in [4.78, 5) is 12.1. The average Bonchev–Trinajstić information content (AvgIpc) is 3.15. The van der Waals surface area contributed by atoms with Crippen molar-refractivity contribution in [1.29, 1.82) is 0 Å². The van der Waals surface area contributed by atoms with Crippen LogP contribution >= 0.6 is 0 Å². The molecule has 3 rings (SSSR count). The van der Waals surface area contributed by atoms with E-state index in [-0.39, 0.29) is 5.91 Å². The molecule has 0 aliphatic rings. The quantitative estimate of drug-likeness (QED) is 0.631. The number of amides is 1. The van der Waals surface area contributed by atoms with Crippen molar-refractivity contribution in [2.75, 3.05) is 6.54 Å². The van der Waals surface area contributed by atoms with E-state index in [0.29, 0.717) is 23.9 Å².